The molecule has 2 aromatic carbocycles. The number of benzene rings is 2. The molecule has 5 heteroatoms. The van der Waals surface area contributed by atoms with Gasteiger partial charge in [-0.15, -0.1) is 0 Å². The van der Waals surface area contributed by atoms with Gasteiger partial charge in [-0.3, -0.25) is 4.79 Å². The normalized spacial score (nSPS) is 16.2. The highest BCUT2D eigenvalue weighted by Crippen LogP contribution is 2.46. The zero-order valence-electron chi connectivity index (χ0n) is 15.8. The number of aldehydes is 1. The summed E-state index contributed by atoms with van der Waals surface area (Å²) in [5, 5.41) is 0.999. The van der Waals surface area contributed by atoms with Crippen LogP contribution in [0.3, 0.4) is 0 Å². The maximum absolute atomic E-state index is 11.9. The van der Waals surface area contributed by atoms with E-state index in [0.29, 0.717) is 34.7 Å². The SMILES string of the molecule is Cc1cc(=O)oc2c3c(ccc12)OC(c1ccc(C(C)C)cc1)C(C=O)=C3Cl. The summed E-state index contributed by atoms with van der Waals surface area (Å²) < 4.78 is 11.6. The van der Waals surface area contributed by atoms with Gasteiger partial charge in [0.1, 0.15) is 5.75 Å². The molecule has 0 aliphatic carbocycles. The molecule has 0 bridgehead atoms. The number of carbonyl (C=O) groups is 1. The van der Waals surface area contributed by atoms with Gasteiger partial charge in [0, 0.05) is 11.5 Å². The van der Waals surface area contributed by atoms with Crippen molar-refractivity contribution in [1.29, 1.82) is 0 Å². The van der Waals surface area contributed by atoms with Crippen LogP contribution in [0.2, 0.25) is 0 Å². The first-order valence-corrected chi connectivity index (χ1v) is 9.47. The van der Waals surface area contributed by atoms with E-state index in [-0.39, 0.29) is 5.03 Å². The zero-order valence-corrected chi connectivity index (χ0v) is 16.5. The smallest absolute Gasteiger partial charge is 0.336 e. The van der Waals surface area contributed by atoms with E-state index in [1.807, 2.05) is 37.3 Å². The molecule has 4 nitrogen and oxygen atoms in total. The van der Waals surface area contributed by atoms with Gasteiger partial charge in [-0.2, -0.15) is 0 Å². The first-order valence-electron chi connectivity index (χ1n) is 9.10. The Hall–Kier alpha value is -2.85. The van der Waals surface area contributed by atoms with Crippen LogP contribution in [0.25, 0.3) is 16.0 Å². The first-order chi connectivity index (χ1) is 13.4. The lowest BCUT2D eigenvalue weighted by molar-refractivity contribution is -0.105. The third kappa shape index (κ3) is 2.94. The van der Waals surface area contributed by atoms with E-state index in [2.05, 4.69) is 13.8 Å². The van der Waals surface area contributed by atoms with E-state index < -0.39 is 11.7 Å². The number of hydrogen-bond acceptors (Lipinski definition) is 4. The molecule has 0 radical (unpaired) electrons. The maximum atomic E-state index is 11.9. The van der Waals surface area contributed by atoms with Crippen molar-refractivity contribution in [2.24, 2.45) is 0 Å². The predicted octanol–water partition coefficient (Wildman–Crippen LogP) is 5.51. The van der Waals surface area contributed by atoms with E-state index in [1.54, 1.807) is 6.07 Å². The molecule has 1 aliphatic heterocycles. The lowest BCUT2D eigenvalue weighted by atomic mass is 9.93. The molecule has 1 atom stereocenters. The highest BCUT2D eigenvalue weighted by Gasteiger charge is 2.31. The van der Waals surface area contributed by atoms with Crippen molar-refractivity contribution in [3.8, 4) is 5.75 Å². The lowest BCUT2D eigenvalue weighted by Gasteiger charge is -2.27. The van der Waals surface area contributed by atoms with E-state index in [4.69, 9.17) is 20.8 Å². The molecule has 1 aromatic heterocycles. The summed E-state index contributed by atoms with van der Waals surface area (Å²) in [6.45, 7) is 6.07. The minimum atomic E-state index is -0.618. The standard InChI is InChI=1S/C23H19ClO4/c1-12(2)14-4-6-15(7-5-14)22-17(11-25)21(24)20-18(27-22)9-8-16-13(3)10-19(26)28-23(16)20/h4-12,22H,1-3H3. The van der Waals surface area contributed by atoms with Gasteiger partial charge in [0.15, 0.2) is 18.0 Å². The Bertz CT molecular complexity index is 1170. The summed E-state index contributed by atoms with van der Waals surface area (Å²) in [5.74, 6) is 0.888. The van der Waals surface area contributed by atoms with Gasteiger partial charge in [0.05, 0.1) is 16.2 Å². The number of aryl methyl sites for hydroxylation is 1. The highest BCUT2D eigenvalue weighted by molar-refractivity contribution is 6.52. The van der Waals surface area contributed by atoms with E-state index >= 15 is 0 Å². The molecule has 0 N–H and O–H groups in total. The Balaban J connectivity index is 1.90. The van der Waals surface area contributed by atoms with Crippen LogP contribution in [0.4, 0.5) is 0 Å². The summed E-state index contributed by atoms with van der Waals surface area (Å²) in [6, 6.07) is 13.0. The van der Waals surface area contributed by atoms with Gasteiger partial charge in [-0.25, -0.2) is 4.79 Å². The quantitative estimate of drug-likeness (QED) is 0.434. The molecule has 1 aliphatic rings. The number of hydrogen-bond donors (Lipinski definition) is 0. The van der Waals surface area contributed by atoms with Crippen LogP contribution in [0.1, 0.15) is 48.1 Å². The number of halogens is 1. The second-order valence-electron chi connectivity index (χ2n) is 7.27. The molecule has 0 spiro atoms. The molecule has 0 saturated heterocycles. The van der Waals surface area contributed by atoms with Gasteiger partial charge in [0.25, 0.3) is 0 Å². The Morgan fingerprint density at radius 1 is 1.11 bits per heavy atom. The highest BCUT2D eigenvalue weighted by atomic mass is 35.5. The van der Waals surface area contributed by atoms with Crippen LogP contribution >= 0.6 is 11.6 Å². The van der Waals surface area contributed by atoms with Crippen molar-refractivity contribution in [3.63, 3.8) is 0 Å². The Morgan fingerprint density at radius 3 is 2.46 bits per heavy atom. The van der Waals surface area contributed by atoms with Crippen LogP contribution in [0, 0.1) is 6.92 Å². The zero-order chi connectivity index (χ0) is 20.0. The second-order valence-corrected chi connectivity index (χ2v) is 7.65. The number of rotatable bonds is 3. The third-order valence-corrected chi connectivity index (χ3v) is 5.52. The Labute approximate surface area is 167 Å². The van der Waals surface area contributed by atoms with Crippen molar-refractivity contribution in [2.75, 3.05) is 0 Å². The van der Waals surface area contributed by atoms with Crippen LogP contribution in [0.5, 0.6) is 5.75 Å². The summed E-state index contributed by atoms with van der Waals surface area (Å²) >= 11 is 6.63. The summed E-state index contributed by atoms with van der Waals surface area (Å²) in [5.41, 5.74) is 3.42. The molecule has 28 heavy (non-hydrogen) atoms. The minimum absolute atomic E-state index is 0.244. The topological polar surface area (TPSA) is 56.5 Å². The van der Waals surface area contributed by atoms with Gasteiger partial charge in [-0.05, 0) is 41.7 Å². The maximum Gasteiger partial charge on any atom is 0.336 e. The van der Waals surface area contributed by atoms with E-state index in [0.717, 1.165) is 16.5 Å². The molecular formula is C23H19ClO4. The molecule has 0 fully saturated rings. The van der Waals surface area contributed by atoms with Crippen molar-refractivity contribution in [1.82, 2.24) is 0 Å². The largest absolute Gasteiger partial charge is 0.480 e. The van der Waals surface area contributed by atoms with Crippen LogP contribution < -0.4 is 10.4 Å². The summed E-state index contributed by atoms with van der Waals surface area (Å²) in [6.07, 6.45) is 0.0895. The van der Waals surface area contributed by atoms with Gasteiger partial charge >= 0.3 is 5.63 Å². The molecule has 3 aromatic rings. The van der Waals surface area contributed by atoms with Crippen molar-refractivity contribution < 1.29 is 13.9 Å². The summed E-state index contributed by atoms with van der Waals surface area (Å²) in [7, 11) is 0. The third-order valence-electron chi connectivity index (χ3n) is 5.11. The summed E-state index contributed by atoms with van der Waals surface area (Å²) in [4.78, 5) is 23.8. The molecule has 0 amide bonds. The van der Waals surface area contributed by atoms with Crippen LogP contribution in [0.15, 0.2) is 57.2 Å². The number of ether oxygens (including phenoxy) is 1. The first kappa shape index (κ1) is 18.5. The fourth-order valence-electron chi connectivity index (χ4n) is 3.54. The van der Waals surface area contributed by atoms with Crippen molar-refractivity contribution in [3.05, 3.63) is 80.7 Å². The van der Waals surface area contributed by atoms with Gasteiger partial charge < -0.3 is 9.15 Å². The molecule has 2 heterocycles. The Kier molecular flexibility index (Phi) is 4.60. The molecular weight excluding hydrogens is 376 g/mol. The van der Waals surface area contributed by atoms with Crippen LogP contribution in [-0.2, 0) is 4.79 Å². The minimum Gasteiger partial charge on any atom is -0.480 e. The number of carbonyl (C=O) groups excluding carboxylic acids is 1. The molecule has 142 valence electrons. The van der Waals surface area contributed by atoms with Gasteiger partial charge in [-0.1, -0.05) is 49.7 Å². The fraction of sp³-hybridized carbons (Fsp3) is 0.217. The lowest BCUT2D eigenvalue weighted by Crippen LogP contribution is -2.18. The average Bonchev–Trinajstić information content (AvgIpc) is 2.67. The number of fused-ring (bicyclic) bond motifs is 3. The van der Waals surface area contributed by atoms with Crippen molar-refractivity contribution in [2.45, 2.75) is 32.8 Å². The molecule has 4 rings (SSSR count). The van der Waals surface area contributed by atoms with Crippen molar-refractivity contribution >= 4 is 33.9 Å². The average molecular weight is 395 g/mol. The fourth-order valence-corrected chi connectivity index (χ4v) is 3.86. The van der Waals surface area contributed by atoms with Gasteiger partial charge in [0.2, 0.25) is 0 Å². The van der Waals surface area contributed by atoms with E-state index in [1.165, 1.54) is 11.6 Å². The second kappa shape index (κ2) is 6.95. The Morgan fingerprint density at radius 2 is 1.82 bits per heavy atom. The monoisotopic (exact) mass is 394 g/mol. The predicted molar refractivity (Wildman–Crippen MR) is 110 cm³/mol. The molecule has 0 saturated carbocycles. The van der Waals surface area contributed by atoms with E-state index in [9.17, 15) is 9.59 Å². The van der Waals surface area contributed by atoms with Crippen LogP contribution in [-0.4, -0.2) is 6.29 Å². The molecule has 1 unspecified atom stereocenters.